The summed E-state index contributed by atoms with van der Waals surface area (Å²) >= 11 is 0. The third kappa shape index (κ3) is 10.0. The number of hydrogen-bond acceptors (Lipinski definition) is 8. The number of Topliss-reactive ketones (excluding diaryl/α,β-unsaturated/α-hetero) is 1. The summed E-state index contributed by atoms with van der Waals surface area (Å²) in [5.74, 6) is -2.27. The fraction of sp³-hybridized carbons (Fsp3) is 0.600. The molecule has 0 saturated carbocycles. The molecule has 10 N–H and O–H groups in total. The molecule has 4 atom stereocenters. The normalized spacial score (nSPS) is 18.3. The van der Waals surface area contributed by atoms with E-state index in [1.165, 1.54) is 4.90 Å². The molecule has 1 heterocycles. The van der Waals surface area contributed by atoms with Gasteiger partial charge in [-0.1, -0.05) is 50.6 Å². The number of unbranched alkanes of at least 4 members (excludes halogenated alkanes) is 1. The number of carbonyl (C=O) groups is 4. The van der Waals surface area contributed by atoms with Gasteiger partial charge in [-0.15, -0.1) is 0 Å². The van der Waals surface area contributed by atoms with Crippen molar-refractivity contribution in [2.75, 3.05) is 19.6 Å². The van der Waals surface area contributed by atoms with Crippen molar-refractivity contribution in [3.63, 3.8) is 0 Å². The molecule has 13 nitrogen and oxygen atoms in total. The minimum Gasteiger partial charge on any atom is -0.370 e. The molecule has 0 aliphatic carbocycles. The summed E-state index contributed by atoms with van der Waals surface area (Å²) in [4.78, 5) is 55.3. The Labute approximate surface area is 253 Å². The van der Waals surface area contributed by atoms with Crippen molar-refractivity contribution in [2.24, 2.45) is 23.1 Å². The molecule has 43 heavy (non-hydrogen) atoms. The molecule has 0 spiro atoms. The maximum Gasteiger partial charge on any atom is 0.246 e. The van der Waals surface area contributed by atoms with Gasteiger partial charge in [0.2, 0.25) is 23.5 Å². The lowest BCUT2D eigenvalue weighted by atomic mass is 9.87. The van der Waals surface area contributed by atoms with Crippen LogP contribution in [0.2, 0.25) is 0 Å². The zero-order chi connectivity index (χ0) is 32.0. The van der Waals surface area contributed by atoms with E-state index < -0.39 is 47.2 Å². The molecule has 1 aliphatic heterocycles. The number of benzene rings is 1. The van der Waals surface area contributed by atoms with Crippen molar-refractivity contribution >= 4 is 29.5 Å². The van der Waals surface area contributed by atoms with Gasteiger partial charge < -0.3 is 38.1 Å². The second-order valence-electron chi connectivity index (χ2n) is 11.4. The first-order chi connectivity index (χ1) is 20.5. The molecule has 0 aromatic heterocycles. The monoisotopic (exact) mass is 597 g/mol. The van der Waals surface area contributed by atoms with Crippen LogP contribution in [0, 0.1) is 22.7 Å². The number of carbonyl (C=O) groups excluding carboxylic acids is 4. The topological polar surface area (TPSA) is 233 Å². The molecule has 1 aliphatic rings. The average Bonchev–Trinajstić information content (AvgIpc) is 3.42. The smallest absolute Gasteiger partial charge is 0.246 e. The van der Waals surface area contributed by atoms with Crippen molar-refractivity contribution < 1.29 is 19.2 Å². The molecule has 0 bridgehead atoms. The number of ketones is 1. The van der Waals surface area contributed by atoms with Gasteiger partial charge in [-0.25, -0.2) is 0 Å². The highest BCUT2D eigenvalue weighted by Gasteiger charge is 2.51. The van der Waals surface area contributed by atoms with E-state index >= 15 is 0 Å². The molecule has 3 amide bonds. The van der Waals surface area contributed by atoms with Crippen LogP contribution in [0.25, 0.3) is 0 Å². The van der Waals surface area contributed by atoms with Gasteiger partial charge in [-0.05, 0) is 57.4 Å². The van der Waals surface area contributed by atoms with E-state index in [1.54, 1.807) is 30.3 Å². The number of hydrogen-bond donors (Lipinski definition) is 7. The Kier molecular flexibility index (Phi) is 14.1. The summed E-state index contributed by atoms with van der Waals surface area (Å²) in [6.45, 7) is 4.75. The van der Waals surface area contributed by atoms with Crippen LogP contribution in [0.4, 0.5) is 0 Å². The summed E-state index contributed by atoms with van der Waals surface area (Å²) in [6, 6.07) is 7.60. The van der Waals surface area contributed by atoms with Crippen LogP contribution in [-0.4, -0.2) is 77.7 Å². The van der Waals surface area contributed by atoms with E-state index in [0.29, 0.717) is 44.2 Å². The molecule has 1 aromatic rings. The van der Waals surface area contributed by atoms with Gasteiger partial charge in [0, 0.05) is 18.7 Å². The highest BCUT2D eigenvalue weighted by Crippen LogP contribution is 2.33. The maximum absolute atomic E-state index is 14.0. The second-order valence-corrected chi connectivity index (χ2v) is 11.4. The van der Waals surface area contributed by atoms with E-state index in [4.69, 9.17) is 22.6 Å². The third-order valence-corrected chi connectivity index (χ3v) is 7.49. The van der Waals surface area contributed by atoms with Gasteiger partial charge in [0.25, 0.3) is 0 Å². The van der Waals surface area contributed by atoms with Gasteiger partial charge in [0.1, 0.15) is 12.1 Å². The van der Waals surface area contributed by atoms with Crippen LogP contribution in [0.3, 0.4) is 0 Å². The molecule has 1 fully saturated rings. The first kappa shape index (κ1) is 35.2. The first-order valence-corrected chi connectivity index (χ1v) is 14.9. The standard InChI is InChI=1S/C30H47N9O4/c1-20(2)18-24(38-26(41)22(33)12-6-7-15-31)27(42)37-23(13-8-16-36-29(34)35)28(43)39-17-9-14-30(39,19-32)25(40)21-10-4-3-5-11-21/h3-5,10-11,20,22-24H,6-9,12-18,31,33H2,1-2H3,(H,37,42)(H,38,41)(H4,34,35,36)/t22-,23-,24-,30?/m0/s1. The van der Waals surface area contributed by atoms with Crippen molar-refractivity contribution in [1.82, 2.24) is 20.9 Å². The Morgan fingerprint density at radius 1 is 1.05 bits per heavy atom. The Hall–Kier alpha value is -4.02. The number of nitrogens with zero attached hydrogens (tertiary/aromatic N) is 2. The summed E-state index contributed by atoms with van der Waals surface area (Å²) in [6.07, 6.45) is 3.24. The minimum atomic E-state index is -1.71. The lowest BCUT2D eigenvalue weighted by Gasteiger charge is -2.34. The number of guanidine groups is 1. The van der Waals surface area contributed by atoms with Crippen LogP contribution in [0.5, 0.6) is 0 Å². The van der Waals surface area contributed by atoms with E-state index in [2.05, 4.69) is 22.0 Å². The highest BCUT2D eigenvalue weighted by molar-refractivity contribution is 6.08. The van der Waals surface area contributed by atoms with E-state index in [-0.39, 0.29) is 37.8 Å². The number of rotatable bonds is 17. The van der Waals surface area contributed by atoms with Crippen molar-refractivity contribution in [3.05, 3.63) is 35.9 Å². The van der Waals surface area contributed by atoms with E-state index in [9.17, 15) is 24.4 Å². The van der Waals surface area contributed by atoms with E-state index in [1.807, 2.05) is 13.8 Å². The van der Waals surface area contributed by atoms with Gasteiger partial charge in [-0.3, -0.25) is 24.6 Å². The molecular weight excluding hydrogens is 550 g/mol. The fourth-order valence-corrected chi connectivity index (χ4v) is 5.22. The fourth-order valence-electron chi connectivity index (χ4n) is 5.22. The predicted molar refractivity (Wildman–Crippen MR) is 163 cm³/mol. The van der Waals surface area contributed by atoms with Crippen molar-refractivity contribution in [1.29, 1.82) is 10.7 Å². The molecule has 1 unspecified atom stereocenters. The Morgan fingerprint density at radius 3 is 2.33 bits per heavy atom. The Bertz CT molecular complexity index is 1150. The van der Waals surface area contributed by atoms with Crippen LogP contribution >= 0.6 is 0 Å². The average molecular weight is 598 g/mol. The van der Waals surface area contributed by atoms with Gasteiger partial charge >= 0.3 is 0 Å². The third-order valence-electron chi connectivity index (χ3n) is 7.49. The Morgan fingerprint density at radius 2 is 1.72 bits per heavy atom. The lowest BCUT2D eigenvalue weighted by Crippen LogP contribution is -2.60. The summed E-state index contributed by atoms with van der Waals surface area (Å²) < 4.78 is 0. The van der Waals surface area contributed by atoms with Gasteiger partial charge in [-0.2, -0.15) is 5.26 Å². The summed E-state index contributed by atoms with van der Waals surface area (Å²) in [5.41, 5.74) is 15.6. The molecule has 0 radical (unpaired) electrons. The lowest BCUT2D eigenvalue weighted by molar-refractivity contribution is -0.139. The maximum atomic E-state index is 14.0. The zero-order valence-electron chi connectivity index (χ0n) is 25.2. The number of nitrogens with one attached hydrogen (secondary N) is 4. The second kappa shape index (κ2) is 17.2. The van der Waals surface area contributed by atoms with Crippen LogP contribution in [0.1, 0.15) is 75.6 Å². The van der Waals surface area contributed by atoms with Crippen LogP contribution < -0.4 is 33.2 Å². The van der Waals surface area contributed by atoms with Crippen molar-refractivity contribution in [3.8, 4) is 6.07 Å². The number of amides is 3. The highest BCUT2D eigenvalue weighted by atomic mass is 16.2. The summed E-state index contributed by atoms with van der Waals surface area (Å²) in [5, 5.41) is 25.8. The molecular formula is C30H47N9O4. The minimum absolute atomic E-state index is 0.0340. The molecule has 13 heteroatoms. The molecule has 1 aromatic carbocycles. The Balaban J connectivity index is 2.31. The zero-order valence-corrected chi connectivity index (χ0v) is 25.2. The number of nitrogens with two attached hydrogens (primary N) is 3. The molecule has 2 rings (SSSR count). The largest absolute Gasteiger partial charge is 0.370 e. The van der Waals surface area contributed by atoms with E-state index in [0.717, 1.165) is 6.42 Å². The molecule has 236 valence electrons. The number of nitriles is 1. The van der Waals surface area contributed by atoms with Gasteiger partial charge in [0.15, 0.2) is 11.5 Å². The number of likely N-dealkylation sites (tertiary alicyclic amines) is 1. The van der Waals surface area contributed by atoms with Crippen LogP contribution in [-0.2, 0) is 14.4 Å². The van der Waals surface area contributed by atoms with Crippen molar-refractivity contribution in [2.45, 2.75) is 88.9 Å². The first-order valence-electron chi connectivity index (χ1n) is 14.9. The quantitative estimate of drug-likeness (QED) is 0.0572. The van der Waals surface area contributed by atoms with Crippen LogP contribution in [0.15, 0.2) is 30.3 Å². The summed E-state index contributed by atoms with van der Waals surface area (Å²) in [7, 11) is 0. The SMILES string of the molecule is CC(C)C[C@H](NC(=O)[C@@H](N)CCCCN)C(=O)N[C@@H](CCCNC(=N)N)C(=O)N1CCCC1(C#N)C(=O)c1ccccc1. The predicted octanol–water partition coefficient (Wildman–Crippen LogP) is 0.489. The van der Waals surface area contributed by atoms with Gasteiger partial charge in [0.05, 0.1) is 12.1 Å². The molecule has 1 saturated heterocycles.